The number of fused-ring (bicyclic) bond motifs is 2. The number of carbonyl (C=O) groups is 3. The lowest BCUT2D eigenvalue weighted by Crippen LogP contribution is -2.61. The molecular formula is C27H34F3N5O3. The number of piperidine rings is 1. The molecule has 4 rings (SSSR count). The van der Waals surface area contributed by atoms with Crippen molar-refractivity contribution in [3.05, 3.63) is 29.6 Å². The number of aryl methyl sites for hydroxylation is 1. The van der Waals surface area contributed by atoms with Gasteiger partial charge >= 0.3 is 12.1 Å². The minimum atomic E-state index is -5.15. The van der Waals surface area contributed by atoms with Crippen molar-refractivity contribution in [2.75, 3.05) is 6.54 Å². The number of nitrogens with zero attached hydrogens (tertiary/aromatic N) is 3. The van der Waals surface area contributed by atoms with Crippen LogP contribution in [0.15, 0.2) is 18.3 Å². The van der Waals surface area contributed by atoms with E-state index in [1.165, 1.54) is 4.90 Å². The number of alkyl halides is 3. The van der Waals surface area contributed by atoms with E-state index >= 15 is 0 Å². The fraction of sp³-hybridized carbons (Fsp3) is 0.667. The number of hydrogen-bond donors (Lipinski definition) is 2. The van der Waals surface area contributed by atoms with Gasteiger partial charge in [-0.05, 0) is 53.6 Å². The Morgan fingerprint density at radius 3 is 2.53 bits per heavy atom. The maximum atomic E-state index is 13.6. The molecule has 0 bridgehead atoms. The van der Waals surface area contributed by atoms with Gasteiger partial charge in [-0.1, -0.05) is 40.7 Å². The first-order chi connectivity index (χ1) is 17.6. The number of likely N-dealkylation sites (tertiary alicyclic amines) is 1. The molecule has 8 nitrogen and oxygen atoms in total. The molecule has 1 aromatic heterocycles. The van der Waals surface area contributed by atoms with Gasteiger partial charge in [-0.15, -0.1) is 0 Å². The van der Waals surface area contributed by atoms with Crippen LogP contribution in [0.1, 0.15) is 64.6 Å². The summed E-state index contributed by atoms with van der Waals surface area (Å²) in [4.78, 5) is 44.7. The first kappa shape index (κ1) is 27.9. The fourth-order valence-electron chi connectivity index (χ4n) is 6.25. The average molecular weight is 534 g/mol. The molecule has 11 heteroatoms. The van der Waals surface area contributed by atoms with Gasteiger partial charge < -0.3 is 15.5 Å². The summed E-state index contributed by atoms with van der Waals surface area (Å²) in [5.74, 6) is -3.62. The highest BCUT2D eigenvalue weighted by molar-refractivity contribution is 5.95. The third-order valence-corrected chi connectivity index (χ3v) is 8.47. The van der Waals surface area contributed by atoms with E-state index in [1.807, 2.05) is 31.3 Å². The van der Waals surface area contributed by atoms with Crippen LogP contribution < -0.4 is 10.6 Å². The number of carbonyl (C=O) groups excluding carboxylic acids is 3. The van der Waals surface area contributed by atoms with Crippen molar-refractivity contribution in [3.63, 3.8) is 0 Å². The van der Waals surface area contributed by atoms with Gasteiger partial charge in [0.2, 0.25) is 11.8 Å². The summed E-state index contributed by atoms with van der Waals surface area (Å²) < 4.78 is 39.1. The summed E-state index contributed by atoms with van der Waals surface area (Å²) in [6, 6.07) is 2.77. The second-order valence-corrected chi connectivity index (χ2v) is 12.4. The van der Waals surface area contributed by atoms with E-state index in [9.17, 15) is 32.8 Å². The van der Waals surface area contributed by atoms with Crippen LogP contribution >= 0.6 is 0 Å². The molecule has 0 spiro atoms. The molecule has 1 aromatic rings. The highest BCUT2D eigenvalue weighted by Gasteiger charge is 2.70. The van der Waals surface area contributed by atoms with E-state index in [4.69, 9.17) is 0 Å². The van der Waals surface area contributed by atoms with E-state index < -0.39 is 47.4 Å². The lowest BCUT2D eigenvalue weighted by Gasteiger charge is -2.37. The molecule has 1 aliphatic heterocycles. The van der Waals surface area contributed by atoms with E-state index in [0.717, 1.165) is 24.1 Å². The van der Waals surface area contributed by atoms with Crippen molar-refractivity contribution in [2.24, 2.45) is 22.7 Å². The lowest BCUT2D eigenvalue weighted by molar-refractivity contribution is -0.176. The molecular weight excluding hydrogens is 499 g/mol. The van der Waals surface area contributed by atoms with E-state index in [0.29, 0.717) is 6.42 Å². The first-order valence-electron chi connectivity index (χ1n) is 12.9. The number of hydrogen-bond acceptors (Lipinski definition) is 5. The average Bonchev–Trinajstić information content (AvgIpc) is 3.19. The maximum Gasteiger partial charge on any atom is 0.471 e. The Hall–Kier alpha value is -3.16. The zero-order valence-corrected chi connectivity index (χ0v) is 22.2. The molecule has 2 aliphatic carbocycles. The predicted octanol–water partition coefficient (Wildman–Crippen LogP) is 3.09. The summed E-state index contributed by atoms with van der Waals surface area (Å²) in [6.07, 6.45) is -1.41. The summed E-state index contributed by atoms with van der Waals surface area (Å²) in [7, 11) is 0. The van der Waals surface area contributed by atoms with Crippen molar-refractivity contribution in [2.45, 2.75) is 84.1 Å². The quantitative estimate of drug-likeness (QED) is 0.583. The van der Waals surface area contributed by atoms with E-state index in [-0.39, 0.29) is 29.7 Å². The molecule has 2 fully saturated rings. The Bertz CT molecular complexity index is 1170. The van der Waals surface area contributed by atoms with E-state index in [2.05, 4.69) is 16.4 Å². The second-order valence-electron chi connectivity index (χ2n) is 12.4. The summed E-state index contributed by atoms with van der Waals surface area (Å²) in [6.45, 7) is 8.84. The second kappa shape index (κ2) is 9.54. The minimum Gasteiger partial charge on any atom is -0.339 e. The first-order valence-corrected chi connectivity index (χ1v) is 12.9. The Morgan fingerprint density at radius 1 is 1.24 bits per heavy atom. The van der Waals surface area contributed by atoms with Crippen LogP contribution in [0, 0.1) is 34.0 Å². The van der Waals surface area contributed by atoms with Crippen molar-refractivity contribution in [1.29, 1.82) is 5.26 Å². The molecule has 1 saturated carbocycles. The largest absolute Gasteiger partial charge is 0.471 e. The van der Waals surface area contributed by atoms with Crippen LogP contribution in [0.3, 0.4) is 0 Å². The molecule has 206 valence electrons. The van der Waals surface area contributed by atoms with Gasteiger partial charge in [0.15, 0.2) is 0 Å². The summed E-state index contributed by atoms with van der Waals surface area (Å²) in [5, 5.41) is 14.5. The number of amides is 3. The lowest BCUT2D eigenvalue weighted by atomic mass is 9.85. The predicted molar refractivity (Wildman–Crippen MR) is 131 cm³/mol. The number of nitriles is 1. The molecule has 1 saturated heterocycles. The van der Waals surface area contributed by atoms with Crippen LogP contribution in [0.2, 0.25) is 0 Å². The monoisotopic (exact) mass is 533 g/mol. The van der Waals surface area contributed by atoms with Crippen LogP contribution in [0.4, 0.5) is 13.2 Å². The third-order valence-electron chi connectivity index (χ3n) is 8.47. The molecule has 3 amide bonds. The molecule has 5 unspecified atom stereocenters. The number of rotatable bonds is 6. The molecule has 6 atom stereocenters. The smallest absolute Gasteiger partial charge is 0.339 e. The zero-order valence-electron chi connectivity index (χ0n) is 22.2. The highest BCUT2D eigenvalue weighted by atomic mass is 19.4. The third kappa shape index (κ3) is 5.09. The Balaban J connectivity index is 1.52. The van der Waals surface area contributed by atoms with Crippen molar-refractivity contribution in [3.8, 4) is 6.07 Å². The molecule has 2 N–H and O–H groups in total. The number of nitrogens with one attached hydrogen (secondary N) is 2. The highest BCUT2D eigenvalue weighted by Crippen LogP contribution is 2.65. The van der Waals surface area contributed by atoms with Gasteiger partial charge in [-0.3, -0.25) is 19.4 Å². The number of halogens is 3. The molecule has 3 aliphatic rings. The fourth-order valence-corrected chi connectivity index (χ4v) is 6.25. The van der Waals surface area contributed by atoms with Gasteiger partial charge in [0.25, 0.3) is 0 Å². The molecule has 0 aromatic carbocycles. The van der Waals surface area contributed by atoms with Gasteiger partial charge in [0.1, 0.15) is 18.1 Å². The van der Waals surface area contributed by atoms with Gasteiger partial charge in [-0.2, -0.15) is 18.4 Å². The molecule has 0 radical (unpaired) electrons. The minimum absolute atomic E-state index is 0.00687. The molecule has 38 heavy (non-hydrogen) atoms. The summed E-state index contributed by atoms with van der Waals surface area (Å²) >= 11 is 0. The molecule has 2 heterocycles. The van der Waals surface area contributed by atoms with Crippen LogP contribution in [0.5, 0.6) is 0 Å². The number of aromatic nitrogens is 1. The zero-order chi connectivity index (χ0) is 28.2. The Kier molecular flexibility index (Phi) is 7.00. The maximum absolute atomic E-state index is 13.6. The van der Waals surface area contributed by atoms with Gasteiger partial charge in [-0.25, -0.2) is 0 Å². The SMILES string of the molecule is CC1(C)C2CN(C(=O)[C@@H](NC(=O)C(F)(F)F)C(C)(C)C)C(C(=O)NC(C#N)CC3CCc4cccnc43)C21. The standard InChI is InChI=1S/C27H34F3N5O3/c1-25(2,3)21(34-24(38)27(28,29)30)23(37)35-13-17-18(26(17,4)5)20(35)22(36)33-16(12-31)11-15-9-8-14-7-6-10-32-19(14)15/h6-7,10,15-18,20-21H,8-9,11,13H2,1-5H3,(H,33,36)(H,34,38)/t15?,16?,17?,18?,20?,21-/m1/s1. The summed E-state index contributed by atoms with van der Waals surface area (Å²) in [5.41, 5.74) is 0.780. The number of pyridine rings is 1. The Morgan fingerprint density at radius 2 is 1.92 bits per heavy atom. The van der Waals surface area contributed by atoms with Gasteiger partial charge in [0, 0.05) is 24.4 Å². The van der Waals surface area contributed by atoms with Crippen molar-refractivity contribution >= 4 is 17.7 Å². The normalized spacial score (nSPS) is 27.0. The van der Waals surface area contributed by atoms with Crippen molar-refractivity contribution in [1.82, 2.24) is 20.5 Å². The van der Waals surface area contributed by atoms with Crippen LogP contribution in [-0.2, 0) is 20.8 Å². The topological polar surface area (TPSA) is 115 Å². The van der Waals surface area contributed by atoms with Crippen molar-refractivity contribution < 1.29 is 27.6 Å². The Labute approximate surface area is 220 Å². The van der Waals surface area contributed by atoms with Crippen LogP contribution in [0.25, 0.3) is 0 Å². The van der Waals surface area contributed by atoms with E-state index in [1.54, 1.807) is 27.0 Å². The van der Waals surface area contributed by atoms with Crippen LogP contribution in [-0.4, -0.2) is 58.5 Å². The van der Waals surface area contributed by atoms with Gasteiger partial charge in [0.05, 0.1) is 6.07 Å².